The molecule has 1 heterocycles. The van der Waals surface area contributed by atoms with Gasteiger partial charge in [0.1, 0.15) is 0 Å². The molecule has 4 heteroatoms. The molecule has 2 atom stereocenters. The molecule has 1 aliphatic heterocycles. The van der Waals surface area contributed by atoms with Crippen LogP contribution in [0.3, 0.4) is 0 Å². The number of sulfone groups is 1. The van der Waals surface area contributed by atoms with Gasteiger partial charge in [-0.15, -0.1) is 11.6 Å². The maximum absolute atomic E-state index is 11.6. The summed E-state index contributed by atoms with van der Waals surface area (Å²) in [7, 11) is -2.81. The smallest absolute Gasteiger partial charge is 0.150 e. The average Bonchev–Trinajstić information content (AvgIpc) is 3.01. The van der Waals surface area contributed by atoms with E-state index in [1.165, 1.54) is 36.0 Å². The Hall–Kier alpha value is -0.540. The van der Waals surface area contributed by atoms with E-state index in [0.717, 1.165) is 12.8 Å². The Bertz CT molecular complexity index is 594. The van der Waals surface area contributed by atoms with E-state index in [4.69, 9.17) is 11.6 Å². The van der Waals surface area contributed by atoms with Gasteiger partial charge in [0.25, 0.3) is 0 Å². The van der Waals surface area contributed by atoms with Crippen LogP contribution in [-0.4, -0.2) is 25.8 Å². The summed E-state index contributed by atoms with van der Waals surface area (Å²) in [6.45, 7) is 0. The standard InChI is InChI=1S/C16H21ClO2S/c17-10-16(15-6-7-20(18,19)11-15)9-12-4-5-13-2-1-3-14(13)8-12/h4-5,8,15-16H,1-3,6-7,9-11H2. The number of rotatable bonds is 4. The Morgan fingerprint density at radius 2 is 2.05 bits per heavy atom. The van der Waals surface area contributed by atoms with Crippen molar-refractivity contribution in [2.45, 2.75) is 32.1 Å². The first-order chi connectivity index (χ1) is 9.57. The highest BCUT2D eigenvalue weighted by molar-refractivity contribution is 7.91. The number of halogens is 1. The molecule has 2 unspecified atom stereocenters. The lowest BCUT2D eigenvalue weighted by Crippen LogP contribution is -2.20. The lowest BCUT2D eigenvalue weighted by atomic mass is 9.87. The number of aryl methyl sites for hydroxylation is 2. The first kappa shape index (κ1) is 14.4. The van der Waals surface area contributed by atoms with Gasteiger partial charge in [-0.05, 0) is 60.6 Å². The van der Waals surface area contributed by atoms with Crippen LogP contribution in [-0.2, 0) is 29.1 Å². The van der Waals surface area contributed by atoms with Crippen LogP contribution in [0.4, 0.5) is 0 Å². The fraction of sp³-hybridized carbons (Fsp3) is 0.625. The molecule has 0 N–H and O–H groups in total. The second kappa shape index (κ2) is 5.69. The van der Waals surface area contributed by atoms with E-state index in [1.807, 2.05) is 0 Å². The molecule has 1 aliphatic carbocycles. The van der Waals surface area contributed by atoms with Crippen LogP contribution in [0.2, 0.25) is 0 Å². The van der Waals surface area contributed by atoms with Crippen LogP contribution >= 0.6 is 11.6 Å². The molecule has 0 radical (unpaired) electrons. The molecular weight excluding hydrogens is 292 g/mol. The van der Waals surface area contributed by atoms with Crippen molar-refractivity contribution in [1.29, 1.82) is 0 Å². The van der Waals surface area contributed by atoms with Gasteiger partial charge in [0, 0.05) is 5.88 Å². The summed E-state index contributed by atoms with van der Waals surface area (Å²) in [6, 6.07) is 6.76. The highest BCUT2D eigenvalue weighted by atomic mass is 35.5. The zero-order valence-electron chi connectivity index (χ0n) is 11.6. The minimum Gasteiger partial charge on any atom is -0.229 e. The van der Waals surface area contributed by atoms with Crippen molar-refractivity contribution < 1.29 is 8.42 Å². The summed E-state index contributed by atoms with van der Waals surface area (Å²) in [6.07, 6.45) is 5.35. The molecule has 0 spiro atoms. The summed E-state index contributed by atoms with van der Waals surface area (Å²) >= 11 is 6.11. The Morgan fingerprint density at radius 1 is 1.25 bits per heavy atom. The van der Waals surface area contributed by atoms with Crippen molar-refractivity contribution in [3.63, 3.8) is 0 Å². The van der Waals surface area contributed by atoms with E-state index in [0.29, 0.717) is 17.4 Å². The third-order valence-electron chi connectivity index (χ3n) is 4.79. The molecule has 0 saturated carbocycles. The number of hydrogen-bond donors (Lipinski definition) is 0. The van der Waals surface area contributed by atoms with E-state index in [9.17, 15) is 8.42 Å². The number of alkyl halides is 1. The fourth-order valence-corrected chi connectivity index (χ4v) is 5.88. The summed E-state index contributed by atoms with van der Waals surface area (Å²) in [5, 5.41) is 0. The van der Waals surface area contributed by atoms with E-state index >= 15 is 0 Å². The molecule has 1 aromatic rings. The quantitative estimate of drug-likeness (QED) is 0.801. The van der Waals surface area contributed by atoms with Gasteiger partial charge in [-0.2, -0.15) is 0 Å². The van der Waals surface area contributed by atoms with Gasteiger partial charge in [-0.3, -0.25) is 0 Å². The van der Waals surface area contributed by atoms with Gasteiger partial charge in [-0.25, -0.2) is 8.42 Å². The molecule has 20 heavy (non-hydrogen) atoms. The summed E-state index contributed by atoms with van der Waals surface area (Å²) in [5.74, 6) is 1.75. The second-order valence-corrected chi connectivity index (χ2v) is 8.78. The molecule has 110 valence electrons. The van der Waals surface area contributed by atoms with Crippen molar-refractivity contribution in [2.24, 2.45) is 11.8 Å². The van der Waals surface area contributed by atoms with Gasteiger partial charge < -0.3 is 0 Å². The van der Waals surface area contributed by atoms with Gasteiger partial charge in [-0.1, -0.05) is 18.2 Å². The molecular formula is C16H21ClO2S. The minimum atomic E-state index is -2.81. The zero-order valence-corrected chi connectivity index (χ0v) is 13.2. The molecule has 3 rings (SSSR count). The van der Waals surface area contributed by atoms with Crippen molar-refractivity contribution >= 4 is 21.4 Å². The predicted molar refractivity (Wildman–Crippen MR) is 83.1 cm³/mol. The Morgan fingerprint density at radius 3 is 2.75 bits per heavy atom. The third-order valence-corrected chi connectivity index (χ3v) is 6.98. The van der Waals surface area contributed by atoms with Crippen molar-refractivity contribution in [1.82, 2.24) is 0 Å². The van der Waals surface area contributed by atoms with Crippen LogP contribution in [0.1, 0.15) is 29.5 Å². The lowest BCUT2D eigenvalue weighted by molar-refractivity contribution is 0.398. The SMILES string of the molecule is O=S1(=O)CCC(C(CCl)Cc2ccc3c(c2)CCC3)C1. The van der Waals surface area contributed by atoms with Crippen LogP contribution in [0.5, 0.6) is 0 Å². The highest BCUT2D eigenvalue weighted by Gasteiger charge is 2.33. The van der Waals surface area contributed by atoms with E-state index < -0.39 is 9.84 Å². The maximum atomic E-state index is 11.6. The molecule has 0 aromatic heterocycles. The first-order valence-electron chi connectivity index (χ1n) is 7.44. The number of benzene rings is 1. The van der Waals surface area contributed by atoms with Crippen molar-refractivity contribution in [3.8, 4) is 0 Å². The maximum Gasteiger partial charge on any atom is 0.150 e. The number of hydrogen-bond acceptors (Lipinski definition) is 2. The van der Waals surface area contributed by atoms with Crippen molar-refractivity contribution in [2.75, 3.05) is 17.4 Å². The van der Waals surface area contributed by atoms with Gasteiger partial charge in [0.2, 0.25) is 0 Å². The van der Waals surface area contributed by atoms with E-state index in [-0.39, 0.29) is 11.8 Å². The summed E-state index contributed by atoms with van der Waals surface area (Å²) < 4.78 is 23.2. The monoisotopic (exact) mass is 312 g/mol. The molecule has 2 aliphatic rings. The lowest BCUT2D eigenvalue weighted by Gasteiger charge is -2.20. The van der Waals surface area contributed by atoms with Gasteiger partial charge in [0.05, 0.1) is 11.5 Å². The van der Waals surface area contributed by atoms with Gasteiger partial charge in [0.15, 0.2) is 9.84 Å². The third kappa shape index (κ3) is 3.04. The molecule has 0 bridgehead atoms. The van der Waals surface area contributed by atoms with Crippen LogP contribution < -0.4 is 0 Å². The molecule has 1 saturated heterocycles. The molecule has 1 fully saturated rings. The average molecular weight is 313 g/mol. The number of fused-ring (bicyclic) bond motifs is 1. The van der Waals surface area contributed by atoms with E-state index in [1.54, 1.807) is 0 Å². The highest BCUT2D eigenvalue weighted by Crippen LogP contribution is 2.31. The normalized spacial score (nSPS) is 25.6. The van der Waals surface area contributed by atoms with Crippen LogP contribution in [0.25, 0.3) is 0 Å². The first-order valence-corrected chi connectivity index (χ1v) is 9.80. The van der Waals surface area contributed by atoms with Crippen LogP contribution in [0, 0.1) is 11.8 Å². The molecule has 0 amide bonds. The Kier molecular flexibility index (Phi) is 4.09. The molecule has 2 nitrogen and oxygen atoms in total. The van der Waals surface area contributed by atoms with E-state index in [2.05, 4.69) is 18.2 Å². The zero-order chi connectivity index (χ0) is 14.2. The Labute approximate surface area is 126 Å². The summed E-state index contributed by atoms with van der Waals surface area (Å²) in [4.78, 5) is 0. The molecule has 1 aromatic carbocycles. The Balaban J connectivity index is 1.72. The van der Waals surface area contributed by atoms with Gasteiger partial charge >= 0.3 is 0 Å². The minimum absolute atomic E-state index is 0.241. The fourth-order valence-electron chi connectivity index (χ4n) is 3.60. The van der Waals surface area contributed by atoms with Crippen molar-refractivity contribution in [3.05, 3.63) is 34.9 Å². The topological polar surface area (TPSA) is 34.1 Å². The largest absolute Gasteiger partial charge is 0.229 e. The summed E-state index contributed by atoms with van der Waals surface area (Å²) in [5.41, 5.74) is 4.29. The second-order valence-electron chi connectivity index (χ2n) is 6.24. The predicted octanol–water partition coefficient (Wildman–Crippen LogP) is 3.01. The van der Waals surface area contributed by atoms with Crippen LogP contribution in [0.15, 0.2) is 18.2 Å².